The number of carbonyl (C=O) groups is 2. The summed E-state index contributed by atoms with van der Waals surface area (Å²) in [6, 6.07) is 6.82. The summed E-state index contributed by atoms with van der Waals surface area (Å²) in [5, 5.41) is 9.39. The van der Waals surface area contributed by atoms with Gasteiger partial charge >= 0.3 is 6.09 Å². The fraction of sp³-hybridized carbons (Fsp3) is 0.467. The van der Waals surface area contributed by atoms with Crippen LogP contribution in [0.4, 0.5) is 10.5 Å². The van der Waals surface area contributed by atoms with E-state index in [2.05, 4.69) is 0 Å². The lowest BCUT2D eigenvalue weighted by Gasteiger charge is -2.34. The quantitative estimate of drug-likeness (QED) is 0.903. The number of anilines is 1. The molecule has 1 heterocycles. The van der Waals surface area contributed by atoms with Crippen LogP contribution in [0, 0.1) is 0 Å². The van der Waals surface area contributed by atoms with Crippen molar-refractivity contribution in [2.75, 3.05) is 18.0 Å². The summed E-state index contributed by atoms with van der Waals surface area (Å²) in [7, 11) is 0. The van der Waals surface area contributed by atoms with Gasteiger partial charge in [0.2, 0.25) is 0 Å². The topological polar surface area (TPSA) is 60.9 Å². The van der Waals surface area contributed by atoms with Crippen molar-refractivity contribution >= 4 is 17.7 Å². The Kier molecular flexibility index (Phi) is 3.70. The second-order valence-corrected chi connectivity index (χ2v) is 5.98. The highest BCUT2D eigenvalue weighted by atomic mass is 16.4. The third-order valence-electron chi connectivity index (χ3n) is 3.36. The number of nitrogens with zero attached hydrogens (tertiary/aromatic N) is 2. The smallest absolute Gasteiger partial charge is 0.412 e. The van der Waals surface area contributed by atoms with Gasteiger partial charge in [-0.15, -0.1) is 0 Å². The Morgan fingerprint density at radius 3 is 2.35 bits per heavy atom. The Morgan fingerprint density at radius 1 is 1.25 bits per heavy atom. The summed E-state index contributed by atoms with van der Waals surface area (Å²) in [6.45, 7) is 7.04. The van der Waals surface area contributed by atoms with Gasteiger partial charge in [0, 0.05) is 29.9 Å². The number of rotatable bonds is 2. The molecule has 2 rings (SSSR count). The van der Waals surface area contributed by atoms with Crippen LogP contribution < -0.4 is 4.90 Å². The van der Waals surface area contributed by atoms with Crippen LogP contribution in [0.25, 0.3) is 0 Å². The van der Waals surface area contributed by atoms with E-state index in [1.165, 1.54) is 4.90 Å². The lowest BCUT2D eigenvalue weighted by Crippen LogP contribution is -2.45. The number of carboxylic acid groups (broad SMARTS) is 1. The first-order valence-electron chi connectivity index (χ1n) is 6.73. The number of carbonyl (C=O) groups excluding carboxylic acids is 1. The minimum Gasteiger partial charge on any atom is -0.465 e. The molecule has 108 valence electrons. The van der Waals surface area contributed by atoms with Gasteiger partial charge in [0.05, 0.1) is 0 Å². The lowest BCUT2D eigenvalue weighted by atomic mass is 10.0. The Morgan fingerprint density at radius 2 is 1.90 bits per heavy atom. The first kappa shape index (κ1) is 14.4. The maximum absolute atomic E-state index is 12.2. The van der Waals surface area contributed by atoms with Gasteiger partial charge in [-0.25, -0.2) is 4.79 Å². The summed E-state index contributed by atoms with van der Waals surface area (Å²) < 4.78 is 0. The highest BCUT2D eigenvalue weighted by molar-refractivity contribution is 5.97. The summed E-state index contributed by atoms with van der Waals surface area (Å²) in [6.07, 6.45) is 0.0142. The molecule has 0 atom stereocenters. The molecule has 1 aromatic carbocycles. The zero-order valence-corrected chi connectivity index (χ0v) is 12.1. The number of amides is 2. The van der Waals surface area contributed by atoms with Gasteiger partial charge in [-0.1, -0.05) is 6.07 Å². The predicted molar refractivity (Wildman–Crippen MR) is 77.2 cm³/mol. The van der Waals surface area contributed by atoms with Gasteiger partial charge in [0.15, 0.2) is 0 Å². The van der Waals surface area contributed by atoms with Crippen molar-refractivity contribution < 1.29 is 14.7 Å². The average molecular weight is 276 g/mol. The zero-order valence-electron chi connectivity index (χ0n) is 12.1. The van der Waals surface area contributed by atoms with Crippen LogP contribution in [0.5, 0.6) is 0 Å². The Labute approximate surface area is 118 Å². The predicted octanol–water partition coefficient (Wildman–Crippen LogP) is 2.82. The van der Waals surface area contributed by atoms with Crippen molar-refractivity contribution in [2.24, 2.45) is 0 Å². The van der Waals surface area contributed by atoms with Crippen LogP contribution >= 0.6 is 0 Å². The van der Waals surface area contributed by atoms with E-state index >= 15 is 0 Å². The van der Waals surface area contributed by atoms with Crippen LogP contribution in [0.1, 0.15) is 37.6 Å². The normalized spacial score (nSPS) is 14.7. The molecule has 5 heteroatoms. The standard InChI is InChI=1S/C15H20N2O3/c1-15(2,3)17(14(19)20)12-7-4-6-11(10-12)13(18)16-8-5-9-16/h4,6-7,10H,5,8-9H2,1-3H3,(H,19,20). The second kappa shape index (κ2) is 5.15. The molecule has 5 nitrogen and oxygen atoms in total. The van der Waals surface area contributed by atoms with Gasteiger partial charge in [-0.05, 0) is 45.4 Å². The van der Waals surface area contributed by atoms with Crippen LogP contribution in [0.2, 0.25) is 0 Å². The molecular weight excluding hydrogens is 256 g/mol. The number of hydrogen-bond acceptors (Lipinski definition) is 2. The SMILES string of the molecule is CC(C)(C)N(C(=O)O)c1cccc(C(=O)N2CCC2)c1. The van der Waals surface area contributed by atoms with E-state index < -0.39 is 11.6 Å². The molecule has 1 aromatic rings. The van der Waals surface area contributed by atoms with E-state index in [4.69, 9.17) is 0 Å². The molecule has 0 bridgehead atoms. The maximum Gasteiger partial charge on any atom is 0.412 e. The summed E-state index contributed by atoms with van der Waals surface area (Å²) in [5.41, 5.74) is 0.499. The van der Waals surface area contributed by atoms with E-state index in [1.54, 1.807) is 29.2 Å². The summed E-state index contributed by atoms with van der Waals surface area (Å²) >= 11 is 0. The third-order valence-corrected chi connectivity index (χ3v) is 3.36. The number of benzene rings is 1. The van der Waals surface area contributed by atoms with Gasteiger partial charge in [-0.2, -0.15) is 0 Å². The Balaban J connectivity index is 2.32. The van der Waals surface area contributed by atoms with Crippen molar-refractivity contribution in [3.63, 3.8) is 0 Å². The summed E-state index contributed by atoms with van der Waals surface area (Å²) in [4.78, 5) is 26.7. The molecule has 1 aliphatic heterocycles. The third kappa shape index (κ3) is 2.76. The van der Waals surface area contributed by atoms with Crippen LogP contribution in [-0.4, -0.2) is 40.6 Å². The molecule has 1 N–H and O–H groups in total. The number of likely N-dealkylation sites (tertiary alicyclic amines) is 1. The maximum atomic E-state index is 12.2. The van der Waals surface area contributed by atoms with Crippen LogP contribution in [-0.2, 0) is 0 Å². The molecule has 0 unspecified atom stereocenters. The Bertz CT molecular complexity index is 530. The molecule has 1 aliphatic rings. The first-order chi connectivity index (χ1) is 9.30. The second-order valence-electron chi connectivity index (χ2n) is 5.98. The van der Waals surface area contributed by atoms with Crippen molar-refractivity contribution in [3.8, 4) is 0 Å². The molecule has 0 spiro atoms. The molecule has 1 fully saturated rings. The van der Waals surface area contributed by atoms with Crippen molar-refractivity contribution in [1.29, 1.82) is 0 Å². The van der Waals surface area contributed by atoms with Gasteiger partial charge < -0.3 is 10.0 Å². The molecule has 0 aliphatic carbocycles. The van der Waals surface area contributed by atoms with Crippen molar-refractivity contribution in [3.05, 3.63) is 29.8 Å². The molecule has 0 radical (unpaired) electrons. The molecule has 1 saturated heterocycles. The largest absolute Gasteiger partial charge is 0.465 e. The van der Waals surface area contributed by atoms with E-state index in [0.29, 0.717) is 11.3 Å². The Hall–Kier alpha value is -2.04. The van der Waals surface area contributed by atoms with E-state index in [-0.39, 0.29) is 5.91 Å². The van der Waals surface area contributed by atoms with Crippen LogP contribution in [0.15, 0.2) is 24.3 Å². The van der Waals surface area contributed by atoms with E-state index in [0.717, 1.165) is 19.5 Å². The van der Waals surface area contributed by atoms with Crippen LogP contribution in [0.3, 0.4) is 0 Å². The lowest BCUT2D eigenvalue weighted by molar-refractivity contribution is 0.0651. The van der Waals surface area contributed by atoms with Gasteiger partial charge in [0.25, 0.3) is 5.91 Å². The molecule has 0 saturated carbocycles. The average Bonchev–Trinajstić information content (AvgIpc) is 2.24. The highest BCUT2D eigenvalue weighted by Crippen LogP contribution is 2.26. The minimum absolute atomic E-state index is 0.0302. The highest BCUT2D eigenvalue weighted by Gasteiger charge is 2.29. The first-order valence-corrected chi connectivity index (χ1v) is 6.73. The summed E-state index contributed by atoms with van der Waals surface area (Å²) in [5.74, 6) is -0.0302. The zero-order chi connectivity index (χ0) is 14.9. The van der Waals surface area contributed by atoms with Crippen molar-refractivity contribution in [2.45, 2.75) is 32.7 Å². The molecule has 2 amide bonds. The monoisotopic (exact) mass is 276 g/mol. The van der Waals surface area contributed by atoms with Gasteiger partial charge in [0.1, 0.15) is 0 Å². The molecule has 0 aromatic heterocycles. The molecular formula is C15H20N2O3. The molecule has 20 heavy (non-hydrogen) atoms. The van der Waals surface area contributed by atoms with Crippen molar-refractivity contribution in [1.82, 2.24) is 4.90 Å². The fourth-order valence-corrected chi connectivity index (χ4v) is 2.26. The van der Waals surface area contributed by atoms with E-state index in [9.17, 15) is 14.7 Å². The van der Waals surface area contributed by atoms with E-state index in [1.807, 2.05) is 20.8 Å². The fourth-order valence-electron chi connectivity index (χ4n) is 2.26. The minimum atomic E-state index is -1.02. The number of hydrogen-bond donors (Lipinski definition) is 1. The van der Waals surface area contributed by atoms with Gasteiger partial charge in [-0.3, -0.25) is 9.69 Å².